The summed E-state index contributed by atoms with van der Waals surface area (Å²) in [5, 5.41) is 5.88. The van der Waals surface area contributed by atoms with E-state index in [1.807, 2.05) is 48.0 Å². The number of fused-ring (bicyclic) bond motifs is 5. The molecule has 186 valence electrons. The smallest absolute Gasteiger partial charge is 0.274 e. The second kappa shape index (κ2) is 8.05. The monoisotopic (exact) mass is 492 g/mol. The summed E-state index contributed by atoms with van der Waals surface area (Å²) in [4.78, 5) is 31.9. The molecule has 7 atom stereocenters. The summed E-state index contributed by atoms with van der Waals surface area (Å²) in [5.74, 6) is 2.54. The minimum atomic E-state index is -0.108. The lowest BCUT2D eigenvalue weighted by molar-refractivity contribution is -0.138. The Hall–Kier alpha value is -2.41. The topological polar surface area (TPSA) is 67.2 Å². The van der Waals surface area contributed by atoms with E-state index in [1.54, 1.807) is 11.3 Å². The summed E-state index contributed by atoms with van der Waals surface area (Å²) in [6, 6.07) is 4.04. The Kier molecular flexibility index (Phi) is 5.30. The van der Waals surface area contributed by atoms with Crippen molar-refractivity contribution in [3.63, 3.8) is 0 Å². The Morgan fingerprint density at radius 1 is 1.14 bits per heavy atom. The van der Waals surface area contributed by atoms with E-state index in [-0.39, 0.29) is 22.6 Å². The lowest BCUT2D eigenvalue weighted by Crippen LogP contribution is -2.59. The largest absolute Gasteiger partial charge is 0.347 e. The fourth-order valence-electron chi connectivity index (χ4n) is 8.59. The van der Waals surface area contributed by atoms with Gasteiger partial charge in [-0.2, -0.15) is 0 Å². The van der Waals surface area contributed by atoms with Gasteiger partial charge in [0.05, 0.1) is 5.69 Å². The third kappa shape index (κ3) is 3.37. The number of amides is 2. The van der Waals surface area contributed by atoms with Crippen LogP contribution in [0.1, 0.15) is 74.5 Å². The molecule has 0 unspecified atom stereocenters. The Balaban J connectivity index is 1.22. The molecule has 1 aliphatic heterocycles. The van der Waals surface area contributed by atoms with E-state index in [2.05, 4.69) is 30.6 Å². The van der Waals surface area contributed by atoms with E-state index in [0.717, 1.165) is 12.1 Å². The zero-order valence-electron chi connectivity index (χ0n) is 21.2. The predicted octanol–water partition coefficient (Wildman–Crippen LogP) is 5.46. The zero-order chi connectivity index (χ0) is 24.5. The third-order valence-electron chi connectivity index (χ3n) is 10.4. The molecule has 0 spiro atoms. The van der Waals surface area contributed by atoms with Crippen LogP contribution in [0, 0.1) is 28.6 Å². The van der Waals surface area contributed by atoms with Crippen molar-refractivity contribution >= 4 is 28.3 Å². The number of anilines is 1. The number of thiazole rings is 1. The number of carbonyl (C=O) groups excluding carboxylic acids is 2. The summed E-state index contributed by atoms with van der Waals surface area (Å²) >= 11 is 1.54. The molecule has 2 aromatic heterocycles. The molecular weight excluding hydrogens is 456 g/mol. The molecule has 2 amide bonds. The standard InChI is InChI=1S/C28H36N4O2S/c1-27-13-11-19-17(7-10-23-28(19,2)14-12-24(33)32(23)4)18(27)8-9-20(27)21-16-35-26(29-21)30-25(34)22-6-5-15-31(22)3/h5-6,12,14-20,23H,7-11,13H2,1-4H3,(H,29,30,34)/t17-,18-,19-,20+,23+,27-,28+/m0/s1. The molecule has 2 aromatic rings. The van der Waals surface area contributed by atoms with Gasteiger partial charge < -0.3 is 9.47 Å². The molecule has 7 heteroatoms. The highest BCUT2D eigenvalue weighted by Crippen LogP contribution is 2.67. The number of nitrogens with one attached hydrogen (secondary N) is 1. The molecule has 3 saturated carbocycles. The van der Waals surface area contributed by atoms with Crippen LogP contribution in [0.2, 0.25) is 0 Å². The van der Waals surface area contributed by atoms with E-state index in [1.165, 1.54) is 32.1 Å². The molecule has 3 aliphatic carbocycles. The Labute approximate surface area is 211 Å². The maximum Gasteiger partial charge on any atom is 0.274 e. The van der Waals surface area contributed by atoms with Crippen LogP contribution in [0.25, 0.3) is 0 Å². The first-order valence-corrected chi connectivity index (χ1v) is 13.9. The number of hydrogen-bond donors (Lipinski definition) is 1. The lowest BCUT2D eigenvalue weighted by Gasteiger charge is -2.60. The predicted molar refractivity (Wildman–Crippen MR) is 138 cm³/mol. The third-order valence-corrected chi connectivity index (χ3v) is 11.2. The first-order valence-electron chi connectivity index (χ1n) is 13.1. The fourth-order valence-corrected chi connectivity index (χ4v) is 9.35. The van der Waals surface area contributed by atoms with Crippen LogP contribution in [0.15, 0.2) is 35.9 Å². The molecule has 3 heterocycles. The van der Waals surface area contributed by atoms with Gasteiger partial charge >= 0.3 is 0 Å². The molecule has 0 radical (unpaired) electrons. The van der Waals surface area contributed by atoms with Gasteiger partial charge in [-0.3, -0.25) is 14.9 Å². The summed E-state index contributed by atoms with van der Waals surface area (Å²) < 4.78 is 1.83. The second-order valence-electron chi connectivity index (χ2n) is 11.8. The number of nitrogens with zero attached hydrogens (tertiary/aromatic N) is 3. The van der Waals surface area contributed by atoms with E-state index < -0.39 is 0 Å². The fraction of sp³-hybridized carbons (Fsp3) is 0.607. The highest BCUT2D eigenvalue weighted by molar-refractivity contribution is 7.14. The number of likely N-dealkylation sites (N-methyl/N-ethyl adjacent to an activating group) is 1. The van der Waals surface area contributed by atoms with Crippen molar-refractivity contribution in [2.45, 2.75) is 64.3 Å². The quantitative estimate of drug-likeness (QED) is 0.619. The number of rotatable bonds is 3. The summed E-state index contributed by atoms with van der Waals surface area (Å²) in [7, 11) is 3.87. The van der Waals surface area contributed by atoms with Crippen LogP contribution in [-0.2, 0) is 11.8 Å². The maximum atomic E-state index is 12.7. The van der Waals surface area contributed by atoms with Gasteiger partial charge in [0.1, 0.15) is 5.69 Å². The second-order valence-corrected chi connectivity index (χ2v) is 12.7. The van der Waals surface area contributed by atoms with Gasteiger partial charge in [-0.25, -0.2) is 4.98 Å². The lowest BCUT2D eigenvalue weighted by atomic mass is 9.47. The molecule has 0 saturated heterocycles. The zero-order valence-corrected chi connectivity index (χ0v) is 22.0. The Bertz CT molecular complexity index is 1200. The summed E-state index contributed by atoms with van der Waals surface area (Å²) in [6.07, 6.45) is 13.1. The molecule has 35 heavy (non-hydrogen) atoms. The van der Waals surface area contributed by atoms with Crippen molar-refractivity contribution in [1.29, 1.82) is 0 Å². The van der Waals surface area contributed by atoms with Gasteiger partial charge in [0.2, 0.25) is 5.91 Å². The van der Waals surface area contributed by atoms with Crippen molar-refractivity contribution in [2.24, 2.45) is 35.6 Å². The molecule has 1 N–H and O–H groups in total. The van der Waals surface area contributed by atoms with Gasteiger partial charge in [-0.1, -0.05) is 19.9 Å². The number of hydrogen-bond acceptors (Lipinski definition) is 4. The van der Waals surface area contributed by atoms with Crippen LogP contribution in [0.4, 0.5) is 5.13 Å². The molecule has 4 aliphatic rings. The van der Waals surface area contributed by atoms with Crippen LogP contribution < -0.4 is 5.32 Å². The number of carbonyl (C=O) groups is 2. The van der Waals surface area contributed by atoms with E-state index in [0.29, 0.717) is 40.5 Å². The summed E-state index contributed by atoms with van der Waals surface area (Å²) in [5.41, 5.74) is 2.13. The van der Waals surface area contributed by atoms with E-state index in [9.17, 15) is 9.59 Å². The maximum absolute atomic E-state index is 12.7. The van der Waals surface area contributed by atoms with Gasteiger partial charge in [0.15, 0.2) is 5.13 Å². The van der Waals surface area contributed by atoms with E-state index in [4.69, 9.17) is 4.98 Å². The van der Waals surface area contributed by atoms with Crippen LogP contribution in [0.5, 0.6) is 0 Å². The van der Waals surface area contributed by atoms with Crippen molar-refractivity contribution in [2.75, 3.05) is 12.4 Å². The summed E-state index contributed by atoms with van der Waals surface area (Å²) in [6.45, 7) is 4.92. The van der Waals surface area contributed by atoms with Crippen LogP contribution in [0.3, 0.4) is 0 Å². The normalized spacial score (nSPS) is 38.1. The molecule has 6 rings (SSSR count). The highest BCUT2D eigenvalue weighted by atomic mass is 32.1. The Morgan fingerprint density at radius 2 is 1.97 bits per heavy atom. The van der Waals surface area contributed by atoms with Crippen LogP contribution in [-0.4, -0.2) is 39.4 Å². The van der Waals surface area contributed by atoms with Crippen molar-refractivity contribution in [3.05, 3.63) is 47.2 Å². The van der Waals surface area contributed by atoms with Gasteiger partial charge in [0.25, 0.3) is 5.91 Å². The van der Waals surface area contributed by atoms with Gasteiger partial charge in [-0.15, -0.1) is 11.3 Å². The number of aromatic nitrogens is 2. The average molecular weight is 493 g/mol. The first-order chi connectivity index (χ1) is 16.7. The van der Waals surface area contributed by atoms with Crippen LogP contribution >= 0.6 is 11.3 Å². The molecular formula is C28H36N4O2S. The molecule has 3 fully saturated rings. The minimum Gasteiger partial charge on any atom is -0.347 e. The van der Waals surface area contributed by atoms with Crippen molar-refractivity contribution in [3.8, 4) is 0 Å². The molecule has 6 nitrogen and oxygen atoms in total. The molecule has 0 aromatic carbocycles. The van der Waals surface area contributed by atoms with Gasteiger partial charge in [-0.05, 0) is 79.9 Å². The average Bonchev–Trinajstić information content (AvgIpc) is 3.54. The SMILES string of the molecule is CN1C(=O)C=C[C@]2(C)[C@H]3CC[C@]4(C)[C@@H](c5csc(NC(=O)c6cccn6C)n5)CC[C@H]4[C@@H]3CC[C@@H]12. The Morgan fingerprint density at radius 3 is 2.74 bits per heavy atom. The molecule has 0 bridgehead atoms. The minimum absolute atomic E-state index is 0.0833. The number of aryl methyl sites for hydroxylation is 1. The van der Waals surface area contributed by atoms with Crippen molar-refractivity contribution in [1.82, 2.24) is 14.5 Å². The van der Waals surface area contributed by atoms with E-state index >= 15 is 0 Å². The van der Waals surface area contributed by atoms with Crippen molar-refractivity contribution < 1.29 is 9.59 Å². The first kappa shape index (κ1) is 23.0. The van der Waals surface area contributed by atoms with Gasteiger partial charge in [0, 0.05) is 43.0 Å². The highest BCUT2D eigenvalue weighted by Gasteiger charge is 2.60.